The standard InChI is InChI=1S/C14H27N3O3/c1-14(2,3)20-13(19)16(5)11-6-8-17(9-7-11)10-12(18)15-4/h11H,6-10H2,1-5H3,(H,15,18). The smallest absolute Gasteiger partial charge is 0.410 e. The molecule has 0 radical (unpaired) electrons. The maximum atomic E-state index is 12.0. The van der Waals surface area contributed by atoms with Crippen LogP contribution < -0.4 is 5.32 Å². The highest BCUT2D eigenvalue weighted by Crippen LogP contribution is 2.18. The molecule has 0 spiro atoms. The lowest BCUT2D eigenvalue weighted by Crippen LogP contribution is -2.48. The molecular weight excluding hydrogens is 258 g/mol. The molecule has 0 saturated carbocycles. The van der Waals surface area contributed by atoms with Crippen molar-refractivity contribution >= 4 is 12.0 Å². The van der Waals surface area contributed by atoms with Crippen LogP contribution in [0.4, 0.5) is 4.79 Å². The van der Waals surface area contributed by atoms with E-state index in [0.717, 1.165) is 25.9 Å². The predicted octanol–water partition coefficient (Wildman–Crippen LogP) is 1.06. The van der Waals surface area contributed by atoms with E-state index in [1.807, 2.05) is 20.8 Å². The summed E-state index contributed by atoms with van der Waals surface area (Å²) in [5.41, 5.74) is -0.467. The van der Waals surface area contributed by atoms with Crippen LogP contribution in [0.15, 0.2) is 0 Å². The van der Waals surface area contributed by atoms with Crippen LogP contribution in [-0.2, 0) is 9.53 Å². The molecule has 0 aliphatic carbocycles. The van der Waals surface area contributed by atoms with E-state index >= 15 is 0 Å². The van der Waals surface area contributed by atoms with Gasteiger partial charge in [-0.1, -0.05) is 0 Å². The van der Waals surface area contributed by atoms with Gasteiger partial charge in [0.15, 0.2) is 0 Å². The molecule has 0 bridgehead atoms. The van der Waals surface area contributed by atoms with Crippen molar-refractivity contribution in [3.8, 4) is 0 Å². The summed E-state index contributed by atoms with van der Waals surface area (Å²) in [4.78, 5) is 27.1. The Kier molecular flexibility index (Phi) is 5.80. The molecule has 1 N–H and O–H groups in total. The minimum atomic E-state index is -0.467. The largest absolute Gasteiger partial charge is 0.444 e. The van der Waals surface area contributed by atoms with Gasteiger partial charge in [0.2, 0.25) is 5.91 Å². The zero-order valence-corrected chi connectivity index (χ0v) is 13.2. The highest BCUT2D eigenvalue weighted by molar-refractivity contribution is 5.77. The number of ether oxygens (including phenoxy) is 1. The van der Waals surface area contributed by atoms with E-state index in [0.29, 0.717) is 6.54 Å². The number of nitrogens with zero attached hydrogens (tertiary/aromatic N) is 2. The summed E-state index contributed by atoms with van der Waals surface area (Å²) >= 11 is 0. The van der Waals surface area contributed by atoms with Crippen molar-refractivity contribution in [2.75, 3.05) is 33.7 Å². The van der Waals surface area contributed by atoms with Gasteiger partial charge in [0, 0.05) is 33.2 Å². The van der Waals surface area contributed by atoms with E-state index < -0.39 is 5.60 Å². The molecule has 1 saturated heterocycles. The van der Waals surface area contributed by atoms with Crippen molar-refractivity contribution in [1.82, 2.24) is 15.1 Å². The molecule has 1 aliphatic rings. The van der Waals surface area contributed by atoms with Gasteiger partial charge in [0.05, 0.1) is 6.54 Å². The van der Waals surface area contributed by atoms with Gasteiger partial charge in [-0.3, -0.25) is 9.69 Å². The van der Waals surface area contributed by atoms with Crippen LogP contribution in [0.25, 0.3) is 0 Å². The molecule has 1 heterocycles. The lowest BCUT2D eigenvalue weighted by Gasteiger charge is -2.36. The molecular formula is C14H27N3O3. The number of carbonyl (C=O) groups excluding carboxylic acids is 2. The van der Waals surface area contributed by atoms with Crippen molar-refractivity contribution in [3.05, 3.63) is 0 Å². The molecule has 0 atom stereocenters. The number of piperidine rings is 1. The number of amides is 2. The molecule has 0 aromatic carbocycles. The van der Waals surface area contributed by atoms with Crippen molar-refractivity contribution in [3.63, 3.8) is 0 Å². The second-order valence-electron chi connectivity index (χ2n) is 6.27. The average Bonchev–Trinajstić information content (AvgIpc) is 2.36. The third-order valence-electron chi connectivity index (χ3n) is 3.43. The topological polar surface area (TPSA) is 61.9 Å². The fourth-order valence-corrected chi connectivity index (χ4v) is 2.23. The fourth-order valence-electron chi connectivity index (χ4n) is 2.23. The Balaban J connectivity index is 2.41. The van der Waals surface area contributed by atoms with Crippen LogP contribution in [-0.4, -0.2) is 67.2 Å². The maximum Gasteiger partial charge on any atom is 0.410 e. The van der Waals surface area contributed by atoms with Gasteiger partial charge in [-0.05, 0) is 33.6 Å². The molecule has 116 valence electrons. The van der Waals surface area contributed by atoms with Crippen molar-refractivity contribution in [1.29, 1.82) is 0 Å². The summed E-state index contributed by atoms with van der Waals surface area (Å²) < 4.78 is 5.37. The first-order valence-electron chi connectivity index (χ1n) is 7.11. The molecule has 1 fully saturated rings. The second kappa shape index (κ2) is 6.92. The number of likely N-dealkylation sites (tertiary alicyclic amines) is 1. The van der Waals surface area contributed by atoms with Crippen molar-refractivity contribution < 1.29 is 14.3 Å². The molecule has 20 heavy (non-hydrogen) atoms. The van der Waals surface area contributed by atoms with Gasteiger partial charge >= 0.3 is 6.09 Å². The molecule has 0 unspecified atom stereocenters. The first-order valence-corrected chi connectivity index (χ1v) is 7.11. The van der Waals surface area contributed by atoms with Crippen LogP contribution in [0.2, 0.25) is 0 Å². The van der Waals surface area contributed by atoms with Crippen LogP contribution in [0.5, 0.6) is 0 Å². The van der Waals surface area contributed by atoms with E-state index in [2.05, 4.69) is 10.2 Å². The first kappa shape index (κ1) is 16.8. The zero-order chi connectivity index (χ0) is 15.3. The number of carbonyl (C=O) groups is 2. The van der Waals surface area contributed by atoms with Crippen LogP contribution in [0, 0.1) is 0 Å². The molecule has 1 aliphatic heterocycles. The van der Waals surface area contributed by atoms with Gasteiger partial charge in [-0.2, -0.15) is 0 Å². The van der Waals surface area contributed by atoms with E-state index in [9.17, 15) is 9.59 Å². The Morgan fingerprint density at radius 2 is 1.85 bits per heavy atom. The normalized spacial score (nSPS) is 17.6. The Hall–Kier alpha value is -1.30. The molecule has 6 nitrogen and oxygen atoms in total. The molecule has 2 amide bonds. The highest BCUT2D eigenvalue weighted by Gasteiger charge is 2.28. The minimum absolute atomic E-state index is 0.0314. The third-order valence-corrected chi connectivity index (χ3v) is 3.43. The third kappa shape index (κ3) is 5.36. The number of hydrogen-bond acceptors (Lipinski definition) is 4. The van der Waals surface area contributed by atoms with E-state index in [1.165, 1.54) is 0 Å². The lowest BCUT2D eigenvalue weighted by molar-refractivity contribution is -0.122. The van der Waals surface area contributed by atoms with Crippen LogP contribution >= 0.6 is 0 Å². The average molecular weight is 285 g/mol. The van der Waals surface area contributed by atoms with Crippen LogP contribution in [0.1, 0.15) is 33.6 Å². The summed E-state index contributed by atoms with van der Waals surface area (Å²) in [5, 5.41) is 2.63. The molecule has 0 aromatic rings. The minimum Gasteiger partial charge on any atom is -0.444 e. The summed E-state index contributed by atoms with van der Waals surface area (Å²) in [6.07, 6.45) is 1.46. The van der Waals surface area contributed by atoms with E-state index in [-0.39, 0.29) is 18.0 Å². The summed E-state index contributed by atoms with van der Waals surface area (Å²) in [5.74, 6) is 0.0314. The number of likely N-dealkylation sites (N-methyl/N-ethyl adjacent to an activating group) is 1. The molecule has 1 rings (SSSR count). The highest BCUT2D eigenvalue weighted by atomic mass is 16.6. The molecule has 0 aromatic heterocycles. The van der Waals surface area contributed by atoms with E-state index in [4.69, 9.17) is 4.74 Å². The Bertz CT molecular complexity index is 344. The summed E-state index contributed by atoms with van der Waals surface area (Å²) in [7, 11) is 3.43. The quantitative estimate of drug-likeness (QED) is 0.842. The Morgan fingerprint density at radius 1 is 1.30 bits per heavy atom. The zero-order valence-electron chi connectivity index (χ0n) is 13.2. The Labute approximate surface area is 121 Å². The second-order valence-corrected chi connectivity index (χ2v) is 6.27. The Morgan fingerprint density at radius 3 is 2.30 bits per heavy atom. The molecule has 6 heteroatoms. The van der Waals surface area contributed by atoms with Gasteiger partial charge < -0.3 is 15.0 Å². The van der Waals surface area contributed by atoms with Crippen LogP contribution in [0.3, 0.4) is 0 Å². The lowest BCUT2D eigenvalue weighted by atomic mass is 10.0. The predicted molar refractivity (Wildman–Crippen MR) is 77.5 cm³/mol. The fraction of sp³-hybridized carbons (Fsp3) is 0.857. The SMILES string of the molecule is CNC(=O)CN1CCC(N(C)C(=O)OC(C)(C)C)CC1. The number of hydrogen-bond donors (Lipinski definition) is 1. The number of nitrogens with one attached hydrogen (secondary N) is 1. The first-order chi connectivity index (χ1) is 9.23. The summed E-state index contributed by atoms with van der Waals surface area (Å²) in [6.45, 7) is 7.68. The van der Waals surface area contributed by atoms with E-state index in [1.54, 1.807) is 19.0 Å². The van der Waals surface area contributed by atoms with Gasteiger partial charge in [-0.15, -0.1) is 0 Å². The van der Waals surface area contributed by atoms with Gasteiger partial charge in [0.1, 0.15) is 5.60 Å². The number of rotatable bonds is 3. The van der Waals surface area contributed by atoms with Crippen molar-refractivity contribution in [2.24, 2.45) is 0 Å². The monoisotopic (exact) mass is 285 g/mol. The van der Waals surface area contributed by atoms with Crippen molar-refractivity contribution in [2.45, 2.75) is 45.3 Å². The summed E-state index contributed by atoms with van der Waals surface area (Å²) in [6, 6.07) is 0.186. The maximum absolute atomic E-state index is 12.0. The van der Waals surface area contributed by atoms with Gasteiger partial charge in [-0.25, -0.2) is 4.79 Å². The van der Waals surface area contributed by atoms with Gasteiger partial charge in [0.25, 0.3) is 0 Å².